The fraction of sp³-hybridized carbons (Fsp3) is 0.240. The first-order valence-electron chi connectivity index (χ1n) is 10.3. The number of benzene rings is 3. The third kappa shape index (κ3) is 3.49. The number of carbonyl (C=O) groups excluding carboxylic acids is 1. The molecule has 1 fully saturated rings. The molecule has 2 aliphatic rings. The van der Waals surface area contributed by atoms with Gasteiger partial charge in [0, 0.05) is 17.8 Å². The monoisotopic (exact) mass is 416 g/mol. The van der Waals surface area contributed by atoms with Crippen LogP contribution in [0, 0.1) is 0 Å². The van der Waals surface area contributed by atoms with Gasteiger partial charge < -0.3 is 25.3 Å². The van der Waals surface area contributed by atoms with E-state index < -0.39 is 5.41 Å². The Morgan fingerprint density at radius 1 is 1.06 bits per heavy atom. The van der Waals surface area contributed by atoms with E-state index in [-0.39, 0.29) is 12.7 Å². The smallest absolute Gasteiger partial charge is 0.235 e. The number of carbonyl (C=O) groups is 1. The molecule has 1 saturated carbocycles. The van der Waals surface area contributed by atoms with Crippen LogP contribution in [-0.2, 0) is 16.8 Å². The summed E-state index contributed by atoms with van der Waals surface area (Å²) in [6.45, 7) is 0.683. The topological polar surface area (TPSA) is 82.8 Å². The molecule has 0 radical (unpaired) electrons. The SMILES string of the molecule is COc1ccc(NC(=O)C2(c3ccc4c(c3)OCO4)CC2)cc1-c1cccc(CN)c1. The lowest BCUT2D eigenvalue weighted by Gasteiger charge is -2.18. The summed E-state index contributed by atoms with van der Waals surface area (Å²) >= 11 is 0. The molecule has 5 rings (SSSR count). The third-order valence-electron chi connectivity index (χ3n) is 6.04. The van der Waals surface area contributed by atoms with E-state index in [1.165, 1.54) is 0 Å². The molecule has 1 aliphatic heterocycles. The summed E-state index contributed by atoms with van der Waals surface area (Å²) in [6.07, 6.45) is 1.61. The molecule has 6 heteroatoms. The molecular formula is C25H24N2O4. The molecule has 158 valence electrons. The highest BCUT2D eigenvalue weighted by atomic mass is 16.7. The molecule has 0 aromatic heterocycles. The summed E-state index contributed by atoms with van der Waals surface area (Å²) in [5.74, 6) is 2.14. The lowest BCUT2D eigenvalue weighted by atomic mass is 9.94. The van der Waals surface area contributed by atoms with Crippen LogP contribution < -0.4 is 25.3 Å². The largest absolute Gasteiger partial charge is 0.496 e. The van der Waals surface area contributed by atoms with Crippen LogP contribution in [0.2, 0.25) is 0 Å². The highest BCUT2D eigenvalue weighted by Crippen LogP contribution is 2.51. The summed E-state index contributed by atoms with van der Waals surface area (Å²) in [6, 6.07) is 19.5. The van der Waals surface area contributed by atoms with E-state index in [0.29, 0.717) is 12.3 Å². The number of anilines is 1. The van der Waals surface area contributed by atoms with E-state index in [1.807, 2.05) is 60.7 Å². The van der Waals surface area contributed by atoms with Gasteiger partial charge in [-0.1, -0.05) is 24.3 Å². The third-order valence-corrected chi connectivity index (χ3v) is 6.04. The molecule has 3 aromatic rings. The van der Waals surface area contributed by atoms with E-state index in [9.17, 15) is 4.79 Å². The fourth-order valence-corrected chi connectivity index (χ4v) is 4.09. The number of nitrogens with two attached hydrogens (primary N) is 1. The first-order valence-corrected chi connectivity index (χ1v) is 10.3. The van der Waals surface area contributed by atoms with E-state index in [0.717, 1.165) is 52.3 Å². The summed E-state index contributed by atoms with van der Waals surface area (Å²) in [5, 5.41) is 3.11. The van der Waals surface area contributed by atoms with Crippen molar-refractivity contribution in [2.24, 2.45) is 5.73 Å². The van der Waals surface area contributed by atoms with Gasteiger partial charge in [-0.25, -0.2) is 0 Å². The summed E-state index contributed by atoms with van der Waals surface area (Å²) in [5.41, 5.74) is 9.89. The van der Waals surface area contributed by atoms with Gasteiger partial charge in [0.05, 0.1) is 12.5 Å². The Labute approximate surface area is 180 Å². The molecule has 1 aliphatic carbocycles. The second-order valence-corrected chi connectivity index (χ2v) is 7.92. The molecule has 0 bridgehead atoms. The highest BCUT2D eigenvalue weighted by molar-refractivity contribution is 6.02. The Balaban J connectivity index is 1.43. The van der Waals surface area contributed by atoms with Crippen LogP contribution in [0.5, 0.6) is 17.2 Å². The maximum absolute atomic E-state index is 13.3. The van der Waals surface area contributed by atoms with Crippen LogP contribution in [0.3, 0.4) is 0 Å². The van der Waals surface area contributed by atoms with Gasteiger partial charge >= 0.3 is 0 Å². The minimum absolute atomic E-state index is 0.0156. The van der Waals surface area contributed by atoms with E-state index in [1.54, 1.807) is 7.11 Å². The maximum Gasteiger partial charge on any atom is 0.235 e. The lowest BCUT2D eigenvalue weighted by Crippen LogP contribution is -2.27. The molecule has 0 saturated heterocycles. The highest BCUT2D eigenvalue weighted by Gasteiger charge is 2.51. The summed E-state index contributed by atoms with van der Waals surface area (Å²) in [4.78, 5) is 13.3. The van der Waals surface area contributed by atoms with Gasteiger partial charge in [-0.05, 0) is 65.9 Å². The number of ether oxygens (including phenoxy) is 3. The van der Waals surface area contributed by atoms with Crippen molar-refractivity contribution in [3.8, 4) is 28.4 Å². The molecule has 3 N–H and O–H groups in total. The average Bonchev–Trinajstić information content (AvgIpc) is 3.50. The predicted octanol–water partition coefficient (Wildman–Crippen LogP) is 4.22. The van der Waals surface area contributed by atoms with Crippen molar-refractivity contribution in [1.82, 2.24) is 0 Å². The Bertz CT molecular complexity index is 1150. The van der Waals surface area contributed by atoms with Crippen LogP contribution in [0.4, 0.5) is 5.69 Å². The molecule has 31 heavy (non-hydrogen) atoms. The second-order valence-electron chi connectivity index (χ2n) is 7.92. The Morgan fingerprint density at radius 2 is 1.90 bits per heavy atom. The zero-order chi connectivity index (χ0) is 21.4. The van der Waals surface area contributed by atoms with Gasteiger partial charge in [0.1, 0.15) is 5.75 Å². The Kier molecular flexibility index (Phi) is 4.79. The lowest BCUT2D eigenvalue weighted by molar-refractivity contribution is -0.118. The van der Waals surface area contributed by atoms with Gasteiger partial charge in [0.15, 0.2) is 11.5 Å². The van der Waals surface area contributed by atoms with Crippen molar-refractivity contribution in [2.75, 3.05) is 19.2 Å². The predicted molar refractivity (Wildman–Crippen MR) is 118 cm³/mol. The molecule has 0 unspecified atom stereocenters. The van der Waals surface area contributed by atoms with Crippen molar-refractivity contribution in [1.29, 1.82) is 0 Å². The normalized spacial score (nSPS) is 15.4. The van der Waals surface area contributed by atoms with Crippen molar-refractivity contribution in [2.45, 2.75) is 24.8 Å². The van der Waals surface area contributed by atoms with E-state index >= 15 is 0 Å². The van der Waals surface area contributed by atoms with Crippen LogP contribution in [0.15, 0.2) is 60.7 Å². The number of methoxy groups -OCH3 is 1. The van der Waals surface area contributed by atoms with Crippen molar-refractivity contribution < 1.29 is 19.0 Å². The van der Waals surface area contributed by atoms with Gasteiger partial charge in [0.25, 0.3) is 0 Å². The molecular weight excluding hydrogens is 392 g/mol. The Hall–Kier alpha value is -3.51. The van der Waals surface area contributed by atoms with Gasteiger partial charge in [-0.15, -0.1) is 0 Å². The Morgan fingerprint density at radius 3 is 2.68 bits per heavy atom. The maximum atomic E-state index is 13.3. The minimum atomic E-state index is -0.527. The number of hydrogen-bond acceptors (Lipinski definition) is 5. The molecule has 1 amide bonds. The van der Waals surface area contributed by atoms with Crippen molar-refractivity contribution in [3.05, 3.63) is 71.8 Å². The van der Waals surface area contributed by atoms with E-state index in [4.69, 9.17) is 19.9 Å². The quantitative estimate of drug-likeness (QED) is 0.629. The number of hydrogen-bond donors (Lipinski definition) is 2. The number of rotatable bonds is 6. The molecule has 0 atom stereocenters. The molecule has 1 heterocycles. The number of fused-ring (bicyclic) bond motifs is 1. The van der Waals surface area contributed by atoms with Gasteiger partial charge in [-0.3, -0.25) is 4.79 Å². The van der Waals surface area contributed by atoms with Crippen LogP contribution >= 0.6 is 0 Å². The zero-order valence-corrected chi connectivity index (χ0v) is 17.3. The number of nitrogens with one attached hydrogen (secondary N) is 1. The molecule has 0 spiro atoms. The van der Waals surface area contributed by atoms with Gasteiger partial charge in [0.2, 0.25) is 12.7 Å². The van der Waals surface area contributed by atoms with Crippen molar-refractivity contribution in [3.63, 3.8) is 0 Å². The number of amides is 1. The molecule has 6 nitrogen and oxygen atoms in total. The standard InChI is InChI=1S/C25H24N2O4/c1-29-21-8-6-19(13-20(21)17-4-2-3-16(11-17)14-26)27-24(28)25(9-10-25)18-5-7-22-23(12-18)31-15-30-22/h2-8,11-13H,9-10,14-15,26H2,1H3,(H,27,28). The summed E-state index contributed by atoms with van der Waals surface area (Å²) in [7, 11) is 1.64. The second kappa shape index (κ2) is 7.63. The molecule has 3 aromatic carbocycles. The van der Waals surface area contributed by atoms with E-state index in [2.05, 4.69) is 5.32 Å². The zero-order valence-electron chi connectivity index (χ0n) is 17.3. The van der Waals surface area contributed by atoms with Crippen LogP contribution in [0.1, 0.15) is 24.0 Å². The summed E-state index contributed by atoms with van der Waals surface area (Å²) < 4.78 is 16.4. The van der Waals surface area contributed by atoms with Crippen LogP contribution in [0.25, 0.3) is 11.1 Å². The van der Waals surface area contributed by atoms with Crippen LogP contribution in [-0.4, -0.2) is 19.8 Å². The fourth-order valence-electron chi connectivity index (χ4n) is 4.09. The average molecular weight is 416 g/mol. The first kappa shape index (κ1) is 19.5. The first-order chi connectivity index (χ1) is 15.1. The minimum Gasteiger partial charge on any atom is -0.496 e. The van der Waals surface area contributed by atoms with Crippen molar-refractivity contribution >= 4 is 11.6 Å². The van der Waals surface area contributed by atoms with Gasteiger partial charge in [-0.2, -0.15) is 0 Å².